The third-order valence-corrected chi connectivity index (χ3v) is 4.02. The molecule has 1 heterocycles. The molecule has 2 aromatic rings. The molecule has 1 amide bonds. The van der Waals surface area contributed by atoms with Crippen LogP contribution >= 0.6 is 11.6 Å². The molecule has 0 aliphatic heterocycles. The van der Waals surface area contributed by atoms with Gasteiger partial charge in [-0.15, -0.1) is 0 Å². The number of aromatic nitrogens is 1. The molecule has 25 heavy (non-hydrogen) atoms. The number of hydrogen-bond acceptors (Lipinski definition) is 5. The van der Waals surface area contributed by atoms with Gasteiger partial charge >= 0.3 is 0 Å². The zero-order chi connectivity index (χ0) is 18.4. The molecule has 0 aliphatic rings. The van der Waals surface area contributed by atoms with Crippen molar-refractivity contribution in [3.8, 4) is 11.5 Å². The van der Waals surface area contributed by atoms with Crippen molar-refractivity contribution in [2.24, 2.45) is 0 Å². The molecule has 0 spiro atoms. The Morgan fingerprint density at radius 2 is 1.96 bits per heavy atom. The number of rotatable bonds is 8. The van der Waals surface area contributed by atoms with E-state index in [0.29, 0.717) is 36.0 Å². The molecule has 1 N–H and O–H groups in total. The maximum Gasteiger partial charge on any atom is 0.229 e. The lowest BCUT2D eigenvalue weighted by Crippen LogP contribution is -2.28. The van der Waals surface area contributed by atoms with Gasteiger partial charge in [-0.3, -0.25) is 4.79 Å². The molecule has 136 valence electrons. The molecule has 0 unspecified atom stereocenters. The summed E-state index contributed by atoms with van der Waals surface area (Å²) in [6, 6.07) is 5.46. The fraction of sp³-hybridized carbons (Fsp3) is 0.444. The Morgan fingerprint density at radius 3 is 2.56 bits per heavy atom. The van der Waals surface area contributed by atoms with Crippen molar-refractivity contribution < 1.29 is 18.8 Å². The third kappa shape index (κ3) is 4.89. The summed E-state index contributed by atoms with van der Waals surface area (Å²) in [6.07, 6.45) is 0.119. The number of nitrogens with one attached hydrogen (secondary N) is 1. The molecule has 2 rings (SSSR count). The first-order valence-electron chi connectivity index (χ1n) is 8.25. The molecule has 6 nitrogen and oxygen atoms in total. The number of ether oxygens (including phenoxy) is 2. The first kappa shape index (κ1) is 19.1. The van der Waals surface area contributed by atoms with Gasteiger partial charge in [0.05, 0.1) is 31.4 Å². The van der Waals surface area contributed by atoms with Gasteiger partial charge in [-0.05, 0) is 57.0 Å². The molecular formula is C18H23ClN2O4. The van der Waals surface area contributed by atoms with Crippen LogP contribution < -0.4 is 14.8 Å². The van der Waals surface area contributed by atoms with Crippen LogP contribution in [0.4, 0.5) is 0 Å². The molecule has 0 saturated heterocycles. The van der Waals surface area contributed by atoms with E-state index in [2.05, 4.69) is 10.5 Å². The second-order valence-electron chi connectivity index (χ2n) is 5.56. The van der Waals surface area contributed by atoms with Gasteiger partial charge in [0, 0.05) is 5.56 Å². The van der Waals surface area contributed by atoms with Crippen LogP contribution in [0.2, 0.25) is 5.22 Å². The minimum atomic E-state index is -0.193. The van der Waals surface area contributed by atoms with Gasteiger partial charge < -0.3 is 19.3 Å². The number of nitrogens with zero attached hydrogens (tertiary/aromatic N) is 1. The van der Waals surface area contributed by atoms with Crippen LogP contribution in [0.1, 0.15) is 43.6 Å². The maximum absolute atomic E-state index is 12.3. The number of hydrogen-bond donors (Lipinski definition) is 1. The second-order valence-corrected chi connectivity index (χ2v) is 5.90. The van der Waals surface area contributed by atoms with Crippen LogP contribution in [0, 0.1) is 6.92 Å². The highest BCUT2D eigenvalue weighted by atomic mass is 35.5. The summed E-state index contributed by atoms with van der Waals surface area (Å²) in [5.74, 6) is 1.20. The van der Waals surface area contributed by atoms with Crippen LogP contribution in [0.15, 0.2) is 22.7 Å². The van der Waals surface area contributed by atoms with E-state index < -0.39 is 0 Å². The van der Waals surface area contributed by atoms with Gasteiger partial charge in [0.25, 0.3) is 0 Å². The van der Waals surface area contributed by atoms with Crippen LogP contribution in [-0.4, -0.2) is 24.3 Å². The third-order valence-electron chi connectivity index (χ3n) is 3.72. The van der Waals surface area contributed by atoms with Crippen LogP contribution in [0.5, 0.6) is 11.5 Å². The zero-order valence-corrected chi connectivity index (χ0v) is 15.6. The Hall–Kier alpha value is -2.21. The Kier molecular flexibility index (Phi) is 6.70. The summed E-state index contributed by atoms with van der Waals surface area (Å²) in [4.78, 5) is 12.3. The average Bonchev–Trinajstić information content (AvgIpc) is 2.88. The highest BCUT2D eigenvalue weighted by molar-refractivity contribution is 6.29. The molecule has 0 bridgehead atoms. The van der Waals surface area contributed by atoms with E-state index in [4.69, 9.17) is 25.6 Å². The molecule has 7 heteroatoms. The Labute approximate surface area is 152 Å². The van der Waals surface area contributed by atoms with E-state index >= 15 is 0 Å². The quantitative estimate of drug-likeness (QED) is 0.768. The first-order valence-corrected chi connectivity index (χ1v) is 8.63. The number of carbonyl (C=O) groups excluding carboxylic acids is 1. The van der Waals surface area contributed by atoms with Gasteiger partial charge in [0.15, 0.2) is 11.5 Å². The molecule has 0 aliphatic carbocycles. The minimum Gasteiger partial charge on any atom is -0.490 e. The molecule has 1 aromatic carbocycles. The molecular weight excluding hydrogens is 344 g/mol. The fourth-order valence-corrected chi connectivity index (χ4v) is 2.67. The number of aryl methyl sites for hydroxylation is 1. The van der Waals surface area contributed by atoms with Gasteiger partial charge in [-0.1, -0.05) is 11.2 Å². The predicted octanol–water partition coefficient (Wildman–Crippen LogP) is 3.85. The molecule has 1 aromatic heterocycles. The topological polar surface area (TPSA) is 73.6 Å². The lowest BCUT2D eigenvalue weighted by Gasteiger charge is -2.17. The van der Waals surface area contributed by atoms with Crippen molar-refractivity contribution in [2.45, 2.75) is 40.2 Å². The summed E-state index contributed by atoms with van der Waals surface area (Å²) < 4.78 is 16.1. The molecule has 0 fully saturated rings. The van der Waals surface area contributed by atoms with Crippen molar-refractivity contribution >= 4 is 17.5 Å². The van der Waals surface area contributed by atoms with Crippen molar-refractivity contribution in [2.75, 3.05) is 13.2 Å². The normalized spacial score (nSPS) is 11.9. The Bertz CT molecular complexity index is 710. The summed E-state index contributed by atoms with van der Waals surface area (Å²) >= 11 is 5.91. The molecule has 0 radical (unpaired) electrons. The lowest BCUT2D eigenvalue weighted by atomic mass is 10.1. The minimum absolute atomic E-state index is 0.119. The molecule has 0 saturated carbocycles. The van der Waals surface area contributed by atoms with Crippen molar-refractivity contribution in [3.63, 3.8) is 0 Å². The predicted molar refractivity (Wildman–Crippen MR) is 95.3 cm³/mol. The fourth-order valence-electron chi connectivity index (χ4n) is 2.43. The Balaban J connectivity index is 2.08. The summed E-state index contributed by atoms with van der Waals surface area (Å²) in [5, 5.41) is 6.85. The lowest BCUT2D eigenvalue weighted by molar-refractivity contribution is -0.121. The van der Waals surface area contributed by atoms with E-state index in [0.717, 1.165) is 5.56 Å². The standard InChI is InChI=1S/C18H23ClN2O4/c1-5-23-15-8-7-13(9-16(15)24-6-2)11(3)20-17(22)10-14-12(4)21-25-18(14)19/h7-9,11H,5-6,10H2,1-4H3,(H,20,22)/t11-/m0/s1. The SMILES string of the molecule is CCOc1ccc([C@H](C)NC(=O)Cc2c(C)noc2Cl)cc1OCC. The van der Waals surface area contributed by atoms with Crippen LogP contribution in [0.3, 0.4) is 0 Å². The van der Waals surface area contributed by atoms with E-state index in [1.54, 1.807) is 6.92 Å². The van der Waals surface area contributed by atoms with Crippen LogP contribution in [0.25, 0.3) is 0 Å². The van der Waals surface area contributed by atoms with Gasteiger partial charge in [-0.2, -0.15) is 0 Å². The van der Waals surface area contributed by atoms with E-state index in [1.165, 1.54) is 0 Å². The van der Waals surface area contributed by atoms with Crippen LogP contribution in [-0.2, 0) is 11.2 Å². The zero-order valence-electron chi connectivity index (χ0n) is 14.9. The van der Waals surface area contributed by atoms with E-state index in [9.17, 15) is 4.79 Å². The highest BCUT2D eigenvalue weighted by Crippen LogP contribution is 2.30. The number of benzene rings is 1. The van der Waals surface area contributed by atoms with Crippen molar-refractivity contribution in [3.05, 3.63) is 40.2 Å². The van der Waals surface area contributed by atoms with E-state index in [-0.39, 0.29) is 23.6 Å². The summed E-state index contributed by atoms with van der Waals surface area (Å²) in [7, 11) is 0. The van der Waals surface area contributed by atoms with E-state index in [1.807, 2.05) is 39.0 Å². The number of carbonyl (C=O) groups is 1. The van der Waals surface area contributed by atoms with Crippen molar-refractivity contribution in [1.82, 2.24) is 10.5 Å². The smallest absolute Gasteiger partial charge is 0.229 e. The molecule has 1 atom stereocenters. The highest BCUT2D eigenvalue weighted by Gasteiger charge is 2.18. The van der Waals surface area contributed by atoms with Gasteiger partial charge in [0.2, 0.25) is 11.1 Å². The number of halogens is 1. The Morgan fingerprint density at radius 1 is 1.28 bits per heavy atom. The first-order chi connectivity index (χ1) is 12.0. The van der Waals surface area contributed by atoms with Crippen molar-refractivity contribution in [1.29, 1.82) is 0 Å². The largest absolute Gasteiger partial charge is 0.490 e. The second kappa shape index (κ2) is 8.76. The van der Waals surface area contributed by atoms with Gasteiger partial charge in [0.1, 0.15) is 0 Å². The summed E-state index contributed by atoms with van der Waals surface area (Å²) in [5.41, 5.74) is 2.15. The monoisotopic (exact) mass is 366 g/mol. The average molecular weight is 367 g/mol. The summed E-state index contributed by atoms with van der Waals surface area (Å²) in [6.45, 7) is 8.59. The maximum atomic E-state index is 12.3. The van der Waals surface area contributed by atoms with Gasteiger partial charge in [-0.25, -0.2) is 0 Å². The number of amides is 1.